The molecule has 0 amide bonds. The highest BCUT2D eigenvalue weighted by molar-refractivity contribution is 5.75. The molecule has 2 aliphatic heterocycles. The van der Waals surface area contributed by atoms with Crippen LogP contribution in [0.4, 0.5) is 0 Å². The molecule has 0 spiro atoms. The molecule has 0 saturated carbocycles. The Morgan fingerprint density at radius 3 is 2.75 bits per heavy atom. The molecule has 1 aromatic heterocycles. The Kier molecular flexibility index (Phi) is 5.20. The fourth-order valence-corrected chi connectivity index (χ4v) is 3.65. The normalized spacial score (nSPS) is 20.0. The van der Waals surface area contributed by atoms with Crippen LogP contribution in [0.25, 0.3) is 0 Å². The predicted octanol–water partition coefficient (Wildman–Crippen LogP) is 1.15. The molecule has 3 heterocycles. The van der Waals surface area contributed by atoms with Gasteiger partial charge in [-0.2, -0.15) is 0 Å². The van der Waals surface area contributed by atoms with Crippen LogP contribution < -0.4 is 5.32 Å². The average molecular weight is 335 g/mol. The van der Waals surface area contributed by atoms with E-state index in [2.05, 4.69) is 25.0 Å². The van der Waals surface area contributed by atoms with Crippen molar-refractivity contribution in [3.8, 4) is 0 Å². The fourth-order valence-electron chi connectivity index (χ4n) is 3.65. The highest BCUT2D eigenvalue weighted by Crippen LogP contribution is 2.29. The van der Waals surface area contributed by atoms with Gasteiger partial charge in [-0.25, -0.2) is 0 Å². The van der Waals surface area contributed by atoms with E-state index in [9.17, 15) is 4.79 Å². The van der Waals surface area contributed by atoms with Crippen LogP contribution in [0.1, 0.15) is 50.7 Å². The topological polar surface area (TPSA) is 72.3 Å². The van der Waals surface area contributed by atoms with Crippen molar-refractivity contribution in [2.75, 3.05) is 33.3 Å². The Morgan fingerprint density at radius 1 is 1.29 bits per heavy atom. The number of hydrogen-bond acceptors (Lipinski definition) is 6. The second-order valence-corrected chi connectivity index (χ2v) is 7.54. The number of nitrogens with one attached hydrogen (secondary N) is 1. The first-order valence-corrected chi connectivity index (χ1v) is 8.95. The molecular weight excluding hydrogens is 306 g/mol. The lowest BCUT2D eigenvalue weighted by molar-refractivity contribution is -0.151. The molecule has 134 valence electrons. The first-order chi connectivity index (χ1) is 11.5. The van der Waals surface area contributed by atoms with E-state index in [4.69, 9.17) is 4.74 Å². The first kappa shape index (κ1) is 17.4. The van der Waals surface area contributed by atoms with Crippen LogP contribution in [0.2, 0.25) is 0 Å². The summed E-state index contributed by atoms with van der Waals surface area (Å²) < 4.78 is 7.20. The minimum absolute atomic E-state index is 0.124. The molecule has 0 aliphatic carbocycles. The summed E-state index contributed by atoms with van der Waals surface area (Å²) in [5.74, 6) is 2.62. The van der Waals surface area contributed by atoms with Crippen molar-refractivity contribution in [1.82, 2.24) is 25.0 Å². The van der Waals surface area contributed by atoms with Crippen LogP contribution in [0, 0.1) is 5.41 Å². The fraction of sp³-hybridized carbons (Fsp3) is 0.824. The van der Waals surface area contributed by atoms with E-state index < -0.39 is 5.41 Å². The van der Waals surface area contributed by atoms with Crippen molar-refractivity contribution in [1.29, 1.82) is 0 Å². The maximum Gasteiger partial charge on any atom is 0.311 e. The first-order valence-electron chi connectivity index (χ1n) is 8.95. The lowest BCUT2D eigenvalue weighted by Gasteiger charge is -2.33. The van der Waals surface area contributed by atoms with Gasteiger partial charge >= 0.3 is 5.97 Å². The maximum atomic E-state index is 11.8. The Balaban J connectivity index is 1.51. The van der Waals surface area contributed by atoms with Gasteiger partial charge in [-0.3, -0.25) is 4.79 Å². The smallest absolute Gasteiger partial charge is 0.311 e. The minimum atomic E-state index is -0.412. The maximum absolute atomic E-state index is 11.8. The molecule has 0 unspecified atom stereocenters. The molecule has 3 rings (SSSR count). The standard InChI is InChI=1S/C17H29N5O2/c1-17(2,16(23)24-3)6-10-21-8-4-13(5-9-21)15-20-19-14-12-18-7-11-22(14)15/h13,18H,4-12H2,1-3H3. The van der Waals surface area contributed by atoms with E-state index in [-0.39, 0.29) is 5.97 Å². The molecule has 7 heteroatoms. The number of methoxy groups -OCH3 is 1. The summed E-state index contributed by atoms with van der Waals surface area (Å²) in [4.78, 5) is 14.2. The van der Waals surface area contributed by atoms with Gasteiger partial charge in [-0.1, -0.05) is 0 Å². The van der Waals surface area contributed by atoms with Crippen molar-refractivity contribution in [2.45, 2.75) is 52.1 Å². The highest BCUT2D eigenvalue weighted by atomic mass is 16.5. The largest absolute Gasteiger partial charge is 0.469 e. The SMILES string of the molecule is COC(=O)C(C)(C)CCN1CCC(c2nnc3n2CCNC3)CC1. The Bertz CT molecular complexity index is 576. The number of aromatic nitrogens is 3. The number of fused-ring (bicyclic) bond motifs is 1. The van der Waals surface area contributed by atoms with Crippen molar-refractivity contribution in [2.24, 2.45) is 5.41 Å². The zero-order valence-corrected chi connectivity index (χ0v) is 15.0. The molecular formula is C17H29N5O2. The van der Waals surface area contributed by atoms with Crippen LogP contribution >= 0.6 is 0 Å². The molecule has 1 saturated heterocycles. The van der Waals surface area contributed by atoms with Crippen LogP contribution in [0.3, 0.4) is 0 Å². The molecule has 24 heavy (non-hydrogen) atoms. The molecule has 0 atom stereocenters. The van der Waals surface area contributed by atoms with Gasteiger partial charge in [0.2, 0.25) is 0 Å². The van der Waals surface area contributed by atoms with Crippen molar-refractivity contribution < 1.29 is 9.53 Å². The number of rotatable bonds is 5. The number of esters is 1. The average Bonchev–Trinajstić information content (AvgIpc) is 3.04. The number of likely N-dealkylation sites (tertiary alicyclic amines) is 1. The zero-order chi connectivity index (χ0) is 17.2. The van der Waals surface area contributed by atoms with Gasteiger partial charge in [0.05, 0.1) is 19.1 Å². The molecule has 1 fully saturated rings. The van der Waals surface area contributed by atoms with Gasteiger partial charge in [0, 0.05) is 19.0 Å². The Labute approximate surface area is 143 Å². The van der Waals surface area contributed by atoms with E-state index in [1.54, 1.807) is 0 Å². The van der Waals surface area contributed by atoms with E-state index in [0.29, 0.717) is 5.92 Å². The van der Waals surface area contributed by atoms with Gasteiger partial charge in [0.1, 0.15) is 11.6 Å². The van der Waals surface area contributed by atoms with E-state index in [1.807, 2.05) is 13.8 Å². The predicted molar refractivity (Wildman–Crippen MR) is 90.6 cm³/mol. The minimum Gasteiger partial charge on any atom is -0.469 e. The molecule has 0 bridgehead atoms. The molecule has 1 aromatic rings. The zero-order valence-electron chi connectivity index (χ0n) is 15.0. The number of carbonyl (C=O) groups excluding carboxylic acids is 1. The van der Waals surface area contributed by atoms with Crippen molar-refractivity contribution in [3.63, 3.8) is 0 Å². The summed E-state index contributed by atoms with van der Waals surface area (Å²) in [5, 5.41) is 12.1. The summed E-state index contributed by atoms with van der Waals surface area (Å²) in [6.07, 6.45) is 3.06. The summed E-state index contributed by atoms with van der Waals surface area (Å²) in [6, 6.07) is 0. The van der Waals surface area contributed by atoms with Crippen LogP contribution in [0.5, 0.6) is 0 Å². The molecule has 1 N–H and O–H groups in total. The van der Waals surface area contributed by atoms with Crippen molar-refractivity contribution >= 4 is 5.97 Å². The summed E-state index contributed by atoms with van der Waals surface area (Å²) in [7, 11) is 1.46. The molecule has 7 nitrogen and oxygen atoms in total. The molecule has 0 aromatic carbocycles. The summed E-state index contributed by atoms with van der Waals surface area (Å²) in [5.41, 5.74) is -0.412. The number of piperidine rings is 1. The second-order valence-electron chi connectivity index (χ2n) is 7.54. The quantitative estimate of drug-likeness (QED) is 0.814. The third-order valence-electron chi connectivity index (χ3n) is 5.40. The van der Waals surface area contributed by atoms with Crippen LogP contribution in [0.15, 0.2) is 0 Å². The van der Waals surface area contributed by atoms with E-state index >= 15 is 0 Å². The Hall–Kier alpha value is -1.47. The number of carbonyl (C=O) groups is 1. The van der Waals surface area contributed by atoms with Gasteiger partial charge < -0.3 is 19.5 Å². The number of hydrogen-bond donors (Lipinski definition) is 1. The summed E-state index contributed by atoms with van der Waals surface area (Å²) in [6.45, 7) is 9.78. The van der Waals surface area contributed by atoms with E-state index in [0.717, 1.165) is 64.4 Å². The highest BCUT2D eigenvalue weighted by Gasteiger charge is 2.31. The van der Waals surface area contributed by atoms with Gasteiger partial charge in [0.25, 0.3) is 0 Å². The third-order valence-corrected chi connectivity index (χ3v) is 5.40. The second kappa shape index (κ2) is 7.19. The van der Waals surface area contributed by atoms with E-state index in [1.165, 1.54) is 12.9 Å². The molecule has 0 radical (unpaired) electrons. The monoisotopic (exact) mass is 335 g/mol. The lowest BCUT2D eigenvalue weighted by Crippen LogP contribution is -2.38. The van der Waals surface area contributed by atoms with Crippen molar-refractivity contribution in [3.05, 3.63) is 11.6 Å². The molecule has 2 aliphatic rings. The van der Waals surface area contributed by atoms with Crippen LogP contribution in [-0.4, -0.2) is 58.9 Å². The van der Waals surface area contributed by atoms with Crippen LogP contribution in [-0.2, 0) is 22.6 Å². The number of nitrogens with zero attached hydrogens (tertiary/aromatic N) is 4. The van der Waals surface area contributed by atoms with Gasteiger partial charge in [-0.15, -0.1) is 10.2 Å². The Morgan fingerprint density at radius 2 is 2.04 bits per heavy atom. The number of ether oxygens (including phenoxy) is 1. The summed E-state index contributed by atoms with van der Waals surface area (Å²) >= 11 is 0. The third kappa shape index (κ3) is 3.62. The lowest BCUT2D eigenvalue weighted by atomic mass is 9.88. The van der Waals surface area contributed by atoms with Gasteiger partial charge in [-0.05, 0) is 52.7 Å². The van der Waals surface area contributed by atoms with Gasteiger partial charge in [0.15, 0.2) is 0 Å².